The van der Waals surface area contributed by atoms with Gasteiger partial charge in [-0.3, -0.25) is 9.78 Å². The maximum atomic E-state index is 13.4. The second-order valence-corrected chi connectivity index (χ2v) is 7.67. The van der Waals surface area contributed by atoms with Crippen molar-refractivity contribution in [1.29, 1.82) is 0 Å². The molecule has 0 saturated carbocycles. The maximum absolute atomic E-state index is 13.4. The number of fused-ring (bicyclic) bond motifs is 2. The van der Waals surface area contributed by atoms with E-state index in [1.54, 1.807) is 30.7 Å². The smallest absolute Gasteiger partial charge is 0.253 e. The van der Waals surface area contributed by atoms with Crippen LogP contribution in [0.3, 0.4) is 0 Å². The zero-order valence-corrected chi connectivity index (χ0v) is 16.3. The number of aryl methyl sites for hydroxylation is 1. The molecule has 3 heterocycles. The van der Waals surface area contributed by atoms with Crippen molar-refractivity contribution in [2.45, 2.75) is 18.8 Å². The molecule has 0 aliphatic carbocycles. The summed E-state index contributed by atoms with van der Waals surface area (Å²) in [4.78, 5) is 27.8. The van der Waals surface area contributed by atoms with E-state index >= 15 is 0 Å². The van der Waals surface area contributed by atoms with Crippen LogP contribution in [0, 0.1) is 0 Å². The third-order valence-electron chi connectivity index (χ3n) is 5.59. The number of carbonyl (C=O) groups is 1. The molecule has 30 heavy (non-hydrogen) atoms. The number of piperidine rings is 1. The Bertz CT molecular complexity index is 1270. The minimum absolute atomic E-state index is 0.0552. The first-order valence-corrected chi connectivity index (χ1v) is 9.75. The van der Waals surface area contributed by atoms with E-state index in [1.807, 2.05) is 29.8 Å². The molecule has 0 N–H and O–H groups in total. The van der Waals surface area contributed by atoms with Gasteiger partial charge in [-0.05, 0) is 30.3 Å². The average molecular weight is 407 g/mol. The van der Waals surface area contributed by atoms with Crippen molar-refractivity contribution in [3.8, 4) is 11.3 Å². The Hall–Kier alpha value is -3.42. The highest BCUT2D eigenvalue weighted by Gasteiger charge is 2.35. The third kappa shape index (κ3) is 3.28. The number of nitrogens with zero attached hydrogens (tertiary/aromatic N) is 5. The number of alkyl halides is 2. The lowest BCUT2D eigenvalue weighted by Crippen LogP contribution is -2.42. The molecule has 2 aromatic carbocycles. The lowest BCUT2D eigenvalue weighted by molar-refractivity contribution is -0.0494. The second-order valence-electron chi connectivity index (χ2n) is 7.67. The summed E-state index contributed by atoms with van der Waals surface area (Å²) in [5.41, 5.74) is 5.12. The summed E-state index contributed by atoms with van der Waals surface area (Å²) in [6, 6.07) is 11.0. The van der Waals surface area contributed by atoms with Crippen LogP contribution in [0.2, 0.25) is 0 Å². The van der Waals surface area contributed by atoms with E-state index in [9.17, 15) is 13.6 Å². The summed E-state index contributed by atoms with van der Waals surface area (Å²) in [6.45, 7) is 0.110. The highest BCUT2D eigenvalue weighted by Crippen LogP contribution is 2.29. The summed E-state index contributed by atoms with van der Waals surface area (Å²) in [6.07, 6.45) is 2.86. The minimum Gasteiger partial charge on any atom is -0.338 e. The molecule has 0 radical (unpaired) electrons. The zero-order chi connectivity index (χ0) is 20.9. The van der Waals surface area contributed by atoms with Crippen molar-refractivity contribution >= 4 is 28.0 Å². The standard InChI is InChI=1S/C22H19F2N5O/c1-28-13-26-18-10-14(3-5-20(18)28)19-12-25-16-4-2-15(11-17(16)27-19)21(30)29-8-6-22(23,24)7-9-29/h2-5,10-13H,6-9H2,1H3. The van der Waals surface area contributed by atoms with Crippen molar-refractivity contribution in [1.82, 2.24) is 24.4 Å². The number of carbonyl (C=O) groups excluding carboxylic acids is 1. The number of halogens is 2. The van der Waals surface area contributed by atoms with Gasteiger partial charge in [-0.25, -0.2) is 18.7 Å². The average Bonchev–Trinajstić information content (AvgIpc) is 3.12. The molecule has 1 aliphatic heterocycles. The van der Waals surface area contributed by atoms with Crippen LogP contribution >= 0.6 is 0 Å². The third-order valence-corrected chi connectivity index (χ3v) is 5.59. The molecule has 1 amide bonds. The summed E-state index contributed by atoms with van der Waals surface area (Å²) >= 11 is 0. The van der Waals surface area contributed by atoms with Crippen LogP contribution in [0.5, 0.6) is 0 Å². The SMILES string of the molecule is Cn1cnc2cc(-c3cnc4ccc(C(=O)N5CCC(F)(F)CC5)cc4n3)ccc21. The minimum atomic E-state index is -2.69. The van der Waals surface area contributed by atoms with Crippen LogP contribution in [-0.2, 0) is 7.05 Å². The fraction of sp³-hybridized carbons (Fsp3) is 0.273. The van der Waals surface area contributed by atoms with Crippen molar-refractivity contribution < 1.29 is 13.6 Å². The van der Waals surface area contributed by atoms with Crippen molar-refractivity contribution in [2.75, 3.05) is 13.1 Å². The Morgan fingerprint density at radius 3 is 2.60 bits per heavy atom. The number of imidazole rings is 1. The highest BCUT2D eigenvalue weighted by molar-refractivity contribution is 5.97. The lowest BCUT2D eigenvalue weighted by Gasteiger charge is -2.31. The van der Waals surface area contributed by atoms with Gasteiger partial charge in [0.25, 0.3) is 11.8 Å². The first-order valence-electron chi connectivity index (χ1n) is 9.75. The molecule has 4 aromatic rings. The summed E-state index contributed by atoms with van der Waals surface area (Å²) in [7, 11) is 1.94. The van der Waals surface area contributed by atoms with E-state index in [0.29, 0.717) is 22.3 Å². The molecule has 8 heteroatoms. The van der Waals surface area contributed by atoms with E-state index in [-0.39, 0.29) is 31.8 Å². The summed E-state index contributed by atoms with van der Waals surface area (Å²) in [5, 5.41) is 0. The molecule has 152 valence electrons. The summed E-state index contributed by atoms with van der Waals surface area (Å²) in [5.74, 6) is -2.94. The van der Waals surface area contributed by atoms with Crippen LogP contribution < -0.4 is 0 Å². The molecule has 0 atom stereocenters. The van der Waals surface area contributed by atoms with E-state index in [1.165, 1.54) is 4.90 Å². The van der Waals surface area contributed by atoms with Gasteiger partial charge in [0.15, 0.2) is 0 Å². The number of hydrogen-bond acceptors (Lipinski definition) is 4. The van der Waals surface area contributed by atoms with Gasteiger partial charge in [-0.1, -0.05) is 6.07 Å². The Labute approximate surface area is 171 Å². The topological polar surface area (TPSA) is 63.9 Å². The quantitative estimate of drug-likeness (QED) is 0.503. The largest absolute Gasteiger partial charge is 0.338 e. The predicted octanol–water partition coefficient (Wildman–Crippen LogP) is 4.05. The number of likely N-dealkylation sites (tertiary alicyclic amines) is 1. The second kappa shape index (κ2) is 6.83. The van der Waals surface area contributed by atoms with Gasteiger partial charge in [0.05, 0.1) is 40.3 Å². The van der Waals surface area contributed by atoms with E-state index in [4.69, 9.17) is 0 Å². The van der Waals surface area contributed by atoms with Gasteiger partial charge < -0.3 is 9.47 Å². The first kappa shape index (κ1) is 18.6. The number of aromatic nitrogens is 4. The molecule has 0 unspecified atom stereocenters. The molecular formula is C22H19F2N5O. The first-order chi connectivity index (χ1) is 14.4. The fourth-order valence-corrected chi connectivity index (χ4v) is 3.80. The molecule has 1 aliphatic rings. The number of benzene rings is 2. The Morgan fingerprint density at radius 1 is 1.00 bits per heavy atom. The molecule has 6 nitrogen and oxygen atoms in total. The van der Waals surface area contributed by atoms with Gasteiger partial charge in [-0.15, -0.1) is 0 Å². The van der Waals surface area contributed by atoms with Crippen LogP contribution in [-0.4, -0.2) is 49.3 Å². The maximum Gasteiger partial charge on any atom is 0.253 e. The number of rotatable bonds is 2. The summed E-state index contributed by atoms with van der Waals surface area (Å²) < 4.78 is 28.7. The molecule has 0 spiro atoms. The monoisotopic (exact) mass is 407 g/mol. The van der Waals surface area contributed by atoms with E-state index in [2.05, 4.69) is 15.0 Å². The van der Waals surface area contributed by atoms with Crippen molar-refractivity contribution in [3.05, 3.63) is 54.5 Å². The molecule has 1 fully saturated rings. The Morgan fingerprint density at radius 2 is 1.80 bits per heavy atom. The highest BCUT2D eigenvalue weighted by atomic mass is 19.3. The van der Waals surface area contributed by atoms with Gasteiger partial charge in [0.2, 0.25) is 0 Å². The molecule has 0 bridgehead atoms. The number of amides is 1. The van der Waals surface area contributed by atoms with Crippen molar-refractivity contribution in [3.63, 3.8) is 0 Å². The normalized spacial score (nSPS) is 16.3. The molecule has 2 aromatic heterocycles. The van der Waals surface area contributed by atoms with Crippen LogP contribution in [0.1, 0.15) is 23.2 Å². The van der Waals surface area contributed by atoms with Gasteiger partial charge in [0, 0.05) is 44.1 Å². The van der Waals surface area contributed by atoms with E-state index in [0.717, 1.165) is 16.6 Å². The van der Waals surface area contributed by atoms with Gasteiger partial charge in [-0.2, -0.15) is 0 Å². The van der Waals surface area contributed by atoms with Crippen LogP contribution in [0.4, 0.5) is 8.78 Å². The van der Waals surface area contributed by atoms with Gasteiger partial charge in [0.1, 0.15) is 0 Å². The number of hydrogen-bond donors (Lipinski definition) is 0. The molecule has 5 rings (SSSR count). The Balaban J connectivity index is 1.47. The Kier molecular flexibility index (Phi) is 4.23. The van der Waals surface area contributed by atoms with Crippen LogP contribution in [0.15, 0.2) is 48.9 Å². The van der Waals surface area contributed by atoms with Crippen LogP contribution in [0.25, 0.3) is 33.3 Å². The predicted molar refractivity (Wildman–Crippen MR) is 109 cm³/mol. The lowest BCUT2D eigenvalue weighted by atomic mass is 10.1. The molecule has 1 saturated heterocycles. The van der Waals surface area contributed by atoms with Gasteiger partial charge >= 0.3 is 0 Å². The van der Waals surface area contributed by atoms with Crippen molar-refractivity contribution in [2.24, 2.45) is 7.05 Å². The zero-order valence-electron chi connectivity index (χ0n) is 16.3. The van der Waals surface area contributed by atoms with E-state index < -0.39 is 5.92 Å². The molecular weight excluding hydrogens is 388 g/mol. The fourth-order valence-electron chi connectivity index (χ4n) is 3.80.